The van der Waals surface area contributed by atoms with Gasteiger partial charge in [0.1, 0.15) is 11.4 Å². The second-order valence-electron chi connectivity index (χ2n) is 5.82. The Bertz CT molecular complexity index is 949. The van der Waals surface area contributed by atoms with Crippen LogP contribution in [0.3, 0.4) is 0 Å². The first-order valence-corrected chi connectivity index (χ1v) is 7.94. The molecule has 0 spiro atoms. The Morgan fingerprint density at radius 3 is 2.38 bits per heavy atom. The van der Waals surface area contributed by atoms with E-state index < -0.39 is 4.92 Å². The summed E-state index contributed by atoms with van der Waals surface area (Å²) >= 11 is 0. The van der Waals surface area contributed by atoms with Gasteiger partial charge in [-0.1, -0.05) is 12.1 Å². The van der Waals surface area contributed by atoms with Crippen LogP contribution in [0.25, 0.3) is 0 Å². The van der Waals surface area contributed by atoms with Gasteiger partial charge in [0.05, 0.1) is 11.5 Å². The fourth-order valence-electron chi connectivity index (χ4n) is 2.68. The van der Waals surface area contributed by atoms with Gasteiger partial charge in [0.2, 0.25) is 0 Å². The Kier molecular flexibility index (Phi) is 4.74. The van der Waals surface area contributed by atoms with Crippen LogP contribution in [0.5, 0.6) is 0 Å². The molecule has 2 heterocycles. The van der Waals surface area contributed by atoms with Crippen LogP contribution >= 0.6 is 0 Å². The molecule has 2 aromatic heterocycles. The highest BCUT2D eigenvalue weighted by Gasteiger charge is 2.21. The maximum atomic E-state index is 12.2. The van der Waals surface area contributed by atoms with Gasteiger partial charge in [0, 0.05) is 23.6 Å². The van der Waals surface area contributed by atoms with Crippen LogP contribution < -0.4 is 5.32 Å². The number of aromatic nitrogens is 3. The third kappa shape index (κ3) is 3.59. The Labute approximate surface area is 149 Å². The molecule has 8 nitrogen and oxygen atoms in total. The summed E-state index contributed by atoms with van der Waals surface area (Å²) in [7, 11) is 0. The molecular weight excluding hydrogens is 334 g/mol. The molecule has 26 heavy (non-hydrogen) atoms. The van der Waals surface area contributed by atoms with Crippen molar-refractivity contribution in [1.82, 2.24) is 14.8 Å². The minimum Gasteiger partial charge on any atom is -0.322 e. The lowest BCUT2D eigenvalue weighted by molar-refractivity contribution is -0.386. The summed E-state index contributed by atoms with van der Waals surface area (Å²) in [5, 5.41) is 18.1. The molecule has 1 N–H and O–H groups in total. The van der Waals surface area contributed by atoms with E-state index in [1.165, 1.54) is 0 Å². The maximum Gasteiger partial charge on any atom is 0.312 e. The van der Waals surface area contributed by atoms with Crippen LogP contribution in [0, 0.1) is 24.0 Å². The zero-order valence-corrected chi connectivity index (χ0v) is 14.3. The van der Waals surface area contributed by atoms with Crippen molar-refractivity contribution in [2.45, 2.75) is 20.4 Å². The lowest BCUT2D eigenvalue weighted by Gasteiger charge is -2.07. The number of nitrogens with one attached hydrogen (secondary N) is 1. The number of rotatable bonds is 5. The topological polar surface area (TPSA) is 103 Å². The van der Waals surface area contributed by atoms with Crippen molar-refractivity contribution in [3.8, 4) is 0 Å². The molecule has 0 aliphatic carbocycles. The maximum absolute atomic E-state index is 12.2. The van der Waals surface area contributed by atoms with Gasteiger partial charge in [-0.25, -0.2) is 0 Å². The number of anilines is 1. The van der Waals surface area contributed by atoms with Gasteiger partial charge in [0.25, 0.3) is 5.91 Å². The Morgan fingerprint density at radius 1 is 1.15 bits per heavy atom. The highest BCUT2D eigenvalue weighted by atomic mass is 16.6. The molecule has 0 saturated heterocycles. The minimum absolute atomic E-state index is 0.0401. The average molecular weight is 351 g/mol. The lowest BCUT2D eigenvalue weighted by atomic mass is 10.1. The number of benzene rings is 1. The molecule has 0 saturated carbocycles. The van der Waals surface area contributed by atoms with E-state index in [2.05, 4.69) is 15.4 Å². The lowest BCUT2D eigenvalue weighted by Crippen LogP contribution is -2.12. The fraction of sp³-hybridized carbons (Fsp3) is 0.167. The number of nitrogens with zero attached hydrogens (tertiary/aromatic N) is 4. The van der Waals surface area contributed by atoms with Crippen LogP contribution in [-0.4, -0.2) is 25.6 Å². The minimum atomic E-state index is -0.416. The van der Waals surface area contributed by atoms with Crippen molar-refractivity contribution in [3.05, 3.63) is 81.4 Å². The van der Waals surface area contributed by atoms with Crippen molar-refractivity contribution in [3.63, 3.8) is 0 Å². The molecule has 3 aromatic rings. The average Bonchev–Trinajstić information content (AvgIpc) is 2.90. The third-order valence-electron chi connectivity index (χ3n) is 4.01. The first kappa shape index (κ1) is 17.3. The zero-order valence-electron chi connectivity index (χ0n) is 14.3. The van der Waals surface area contributed by atoms with E-state index in [9.17, 15) is 14.9 Å². The molecule has 132 valence electrons. The van der Waals surface area contributed by atoms with E-state index in [1.54, 1.807) is 55.2 Å². The largest absolute Gasteiger partial charge is 0.322 e. The van der Waals surface area contributed by atoms with Gasteiger partial charge in [-0.15, -0.1) is 0 Å². The predicted molar refractivity (Wildman–Crippen MR) is 96.1 cm³/mol. The first-order valence-electron chi connectivity index (χ1n) is 7.94. The fourth-order valence-corrected chi connectivity index (χ4v) is 2.68. The SMILES string of the molecule is Cc1nn(Cc2ccc(C(=O)Nc3ccncc3)cc2)c(C)c1[N+](=O)[O-]. The van der Waals surface area contributed by atoms with Gasteiger partial charge >= 0.3 is 5.69 Å². The molecule has 0 atom stereocenters. The molecule has 1 aromatic carbocycles. The summed E-state index contributed by atoms with van der Waals surface area (Å²) in [5.74, 6) is -0.218. The second kappa shape index (κ2) is 7.14. The highest BCUT2D eigenvalue weighted by molar-refractivity contribution is 6.04. The summed E-state index contributed by atoms with van der Waals surface area (Å²) in [6.07, 6.45) is 3.21. The molecule has 0 fully saturated rings. The third-order valence-corrected chi connectivity index (χ3v) is 4.01. The zero-order chi connectivity index (χ0) is 18.7. The highest BCUT2D eigenvalue weighted by Crippen LogP contribution is 2.22. The van der Waals surface area contributed by atoms with Crippen LogP contribution in [0.15, 0.2) is 48.8 Å². The summed E-state index contributed by atoms with van der Waals surface area (Å²) in [4.78, 5) is 26.8. The van der Waals surface area contributed by atoms with Crippen molar-refractivity contribution >= 4 is 17.3 Å². The quantitative estimate of drug-likeness (QED) is 0.562. The molecule has 0 unspecified atom stereocenters. The molecule has 8 heteroatoms. The summed E-state index contributed by atoms with van der Waals surface area (Å²) in [6.45, 7) is 3.69. The Morgan fingerprint density at radius 2 is 1.81 bits per heavy atom. The van der Waals surface area contributed by atoms with Crippen molar-refractivity contribution in [1.29, 1.82) is 0 Å². The Balaban J connectivity index is 1.73. The number of hydrogen-bond donors (Lipinski definition) is 1. The summed E-state index contributed by atoms with van der Waals surface area (Å²) in [5.41, 5.74) is 3.02. The number of nitro groups is 1. The molecule has 3 rings (SSSR count). The van der Waals surface area contributed by atoms with E-state index in [-0.39, 0.29) is 11.6 Å². The number of pyridine rings is 1. The van der Waals surface area contributed by atoms with E-state index in [0.717, 1.165) is 5.56 Å². The Hall–Kier alpha value is -3.55. The van der Waals surface area contributed by atoms with Crippen LogP contribution in [0.4, 0.5) is 11.4 Å². The van der Waals surface area contributed by atoms with Gasteiger partial charge in [-0.3, -0.25) is 24.6 Å². The van der Waals surface area contributed by atoms with Gasteiger partial charge < -0.3 is 5.32 Å². The molecule has 0 aliphatic heterocycles. The molecule has 0 radical (unpaired) electrons. The number of amides is 1. The number of carbonyl (C=O) groups is 1. The van der Waals surface area contributed by atoms with Crippen molar-refractivity contribution in [2.24, 2.45) is 0 Å². The van der Waals surface area contributed by atoms with Crippen LogP contribution in [0.1, 0.15) is 27.3 Å². The predicted octanol–water partition coefficient (Wildman–Crippen LogP) is 3.10. The van der Waals surface area contributed by atoms with Gasteiger partial charge in [-0.05, 0) is 43.7 Å². The molecule has 0 aliphatic rings. The molecular formula is C18H17N5O3. The number of carbonyl (C=O) groups excluding carboxylic acids is 1. The monoisotopic (exact) mass is 351 g/mol. The normalized spacial score (nSPS) is 10.5. The van der Waals surface area contributed by atoms with Crippen LogP contribution in [0.2, 0.25) is 0 Å². The smallest absolute Gasteiger partial charge is 0.312 e. The van der Waals surface area contributed by atoms with Gasteiger partial charge in [0.15, 0.2) is 0 Å². The van der Waals surface area contributed by atoms with E-state index in [1.807, 2.05) is 12.1 Å². The number of aryl methyl sites for hydroxylation is 1. The molecule has 1 amide bonds. The van der Waals surface area contributed by atoms with E-state index >= 15 is 0 Å². The van der Waals surface area contributed by atoms with E-state index in [4.69, 9.17) is 0 Å². The van der Waals surface area contributed by atoms with Crippen molar-refractivity contribution < 1.29 is 9.72 Å². The second-order valence-corrected chi connectivity index (χ2v) is 5.82. The van der Waals surface area contributed by atoms with Gasteiger partial charge in [-0.2, -0.15) is 5.10 Å². The molecule has 0 bridgehead atoms. The number of hydrogen-bond acceptors (Lipinski definition) is 5. The summed E-state index contributed by atoms with van der Waals surface area (Å²) in [6, 6.07) is 10.5. The van der Waals surface area contributed by atoms with E-state index in [0.29, 0.717) is 29.2 Å². The van der Waals surface area contributed by atoms with Crippen LogP contribution in [-0.2, 0) is 6.54 Å². The standard InChI is InChI=1S/C18H17N5O3/c1-12-17(23(25)26)13(2)22(21-12)11-14-3-5-15(6-4-14)18(24)20-16-7-9-19-10-8-16/h3-10H,11H2,1-2H3,(H,19,20,24). The van der Waals surface area contributed by atoms with Crippen molar-refractivity contribution in [2.75, 3.05) is 5.32 Å². The summed E-state index contributed by atoms with van der Waals surface area (Å²) < 4.78 is 1.60. The first-order chi connectivity index (χ1) is 12.5.